The van der Waals surface area contributed by atoms with Crippen molar-refractivity contribution in [2.45, 2.75) is 25.8 Å². The van der Waals surface area contributed by atoms with E-state index in [1.165, 1.54) is 6.07 Å². The number of nitrogens with one attached hydrogen (secondary N) is 1. The fourth-order valence-corrected chi connectivity index (χ4v) is 1.51. The van der Waals surface area contributed by atoms with Crippen LogP contribution in [0.25, 0.3) is 0 Å². The molecule has 1 amide bonds. The molecule has 1 rings (SSSR count). The van der Waals surface area contributed by atoms with Crippen molar-refractivity contribution in [3.8, 4) is 0 Å². The van der Waals surface area contributed by atoms with Crippen molar-refractivity contribution in [2.75, 3.05) is 0 Å². The van der Waals surface area contributed by atoms with E-state index >= 15 is 0 Å². The zero-order chi connectivity index (χ0) is 12.1. The van der Waals surface area contributed by atoms with Gasteiger partial charge in [0.15, 0.2) is 10.4 Å². The molecule has 1 atom stereocenters. The number of halogens is 1. The van der Waals surface area contributed by atoms with E-state index in [2.05, 4.69) is 21.2 Å². The summed E-state index contributed by atoms with van der Waals surface area (Å²) in [5.41, 5.74) is 0. The highest BCUT2D eigenvalue weighted by atomic mass is 79.9. The molecule has 1 unspecified atom stereocenters. The van der Waals surface area contributed by atoms with Gasteiger partial charge in [0.1, 0.15) is 0 Å². The van der Waals surface area contributed by atoms with E-state index in [9.17, 15) is 9.59 Å². The number of carboxylic acid groups (broad SMARTS) is 1. The lowest BCUT2D eigenvalue weighted by Gasteiger charge is -2.13. The summed E-state index contributed by atoms with van der Waals surface area (Å²) in [5.74, 6) is -1.18. The SMILES string of the molecule is CCC(CC(=O)O)NC(=O)c1ccc(Br)o1. The van der Waals surface area contributed by atoms with Gasteiger partial charge in [-0.05, 0) is 34.5 Å². The second kappa shape index (κ2) is 5.69. The predicted molar refractivity (Wildman–Crippen MR) is 60.2 cm³/mol. The third kappa shape index (κ3) is 3.69. The maximum Gasteiger partial charge on any atom is 0.305 e. The lowest BCUT2D eigenvalue weighted by atomic mass is 10.1. The minimum atomic E-state index is -0.937. The predicted octanol–water partition coefficient (Wildman–Crippen LogP) is 2.03. The molecule has 5 nitrogen and oxygen atoms in total. The Bertz CT molecular complexity index is 388. The third-order valence-electron chi connectivity index (χ3n) is 2.05. The monoisotopic (exact) mass is 289 g/mol. The van der Waals surface area contributed by atoms with E-state index in [1.807, 2.05) is 6.92 Å². The Balaban J connectivity index is 2.58. The molecule has 0 radical (unpaired) electrons. The van der Waals surface area contributed by atoms with Crippen LogP contribution in [-0.2, 0) is 4.79 Å². The van der Waals surface area contributed by atoms with Gasteiger partial charge in [-0.2, -0.15) is 0 Å². The highest BCUT2D eigenvalue weighted by molar-refractivity contribution is 9.10. The summed E-state index contributed by atoms with van der Waals surface area (Å²) in [7, 11) is 0. The summed E-state index contributed by atoms with van der Waals surface area (Å²) < 4.78 is 5.51. The molecule has 0 aromatic carbocycles. The van der Waals surface area contributed by atoms with Crippen molar-refractivity contribution in [1.82, 2.24) is 5.32 Å². The average molecular weight is 290 g/mol. The molecule has 0 saturated carbocycles. The topological polar surface area (TPSA) is 79.5 Å². The Labute approximate surface area is 101 Å². The van der Waals surface area contributed by atoms with Crippen molar-refractivity contribution in [1.29, 1.82) is 0 Å². The maximum atomic E-state index is 11.6. The molecule has 2 N–H and O–H groups in total. The van der Waals surface area contributed by atoms with Crippen molar-refractivity contribution in [3.63, 3.8) is 0 Å². The van der Waals surface area contributed by atoms with Crippen molar-refractivity contribution in [2.24, 2.45) is 0 Å². The van der Waals surface area contributed by atoms with Crippen LogP contribution in [0.3, 0.4) is 0 Å². The van der Waals surface area contributed by atoms with Crippen LogP contribution >= 0.6 is 15.9 Å². The van der Waals surface area contributed by atoms with Gasteiger partial charge in [-0.1, -0.05) is 6.92 Å². The van der Waals surface area contributed by atoms with Crippen LogP contribution in [0.1, 0.15) is 30.3 Å². The molecule has 88 valence electrons. The maximum absolute atomic E-state index is 11.6. The molecule has 0 spiro atoms. The number of amides is 1. The molecule has 0 bridgehead atoms. The second-order valence-corrected chi connectivity index (χ2v) is 4.06. The number of carbonyl (C=O) groups is 2. The van der Waals surface area contributed by atoms with E-state index in [0.717, 1.165) is 0 Å². The summed E-state index contributed by atoms with van der Waals surface area (Å²) in [5, 5.41) is 11.2. The Hall–Kier alpha value is -1.30. The number of hydrogen-bond acceptors (Lipinski definition) is 3. The highest BCUT2D eigenvalue weighted by Gasteiger charge is 2.17. The number of rotatable bonds is 5. The van der Waals surface area contributed by atoms with Crippen LogP contribution in [0.4, 0.5) is 0 Å². The van der Waals surface area contributed by atoms with Crippen molar-refractivity contribution < 1.29 is 19.1 Å². The number of furan rings is 1. The van der Waals surface area contributed by atoms with Crippen LogP contribution in [0.15, 0.2) is 21.2 Å². The molecule has 0 aliphatic heterocycles. The smallest absolute Gasteiger partial charge is 0.305 e. The molecular formula is C10H12BrNO4. The van der Waals surface area contributed by atoms with Crippen molar-refractivity contribution >= 4 is 27.8 Å². The molecular weight excluding hydrogens is 278 g/mol. The standard InChI is InChI=1S/C10H12BrNO4/c1-2-6(5-9(13)14)12-10(15)7-3-4-8(11)16-7/h3-4,6H,2,5H2,1H3,(H,12,15)(H,13,14). The summed E-state index contributed by atoms with van der Waals surface area (Å²) in [6.45, 7) is 1.81. The molecule has 1 aromatic rings. The van der Waals surface area contributed by atoms with Crippen LogP contribution in [-0.4, -0.2) is 23.0 Å². The second-order valence-electron chi connectivity index (χ2n) is 3.28. The lowest BCUT2D eigenvalue weighted by molar-refractivity contribution is -0.137. The molecule has 0 saturated heterocycles. The number of carboxylic acids is 1. The first-order chi connectivity index (χ1) is 7.52. The van der Waals surface area contributed by atoms with Gasteiger partial charge in [0.2, 0.25) is 0 Å². The molecule has 1 aromatic heterocycles. The van der Waals surface area contributed by atoms with Gasteiger partial charge in [0.25, 0.3) is 5.91 Å². The average Bonchev–Trinajstić information content (AvgIpc) is 2.63. The van der Waals surface area contributed by atoms with E-state index in [4.69, 9.17) is 9.52 Å². The Morgan fingerprint density at radius 3 is 2.69 bits per heavy atom. The van der Waals surface area contributed by atoms with Crippen LogP contribution in [0.5, 0.6) is 0 Å². The van der Waals surface area contributed by atoms with Gasteiger partial charge >= 0.3 is 5.97 Å². The van der Waals surface area contributed by atoms with E-state index in [-0.39, 0.29) is 18.2 Å². The van der Waals surface area contributed by atoms with Crippen LogP contribution in [0, 0.1) is 0 Å². The first-order valence-corrected chi connectivity index (χ1v) is 5.60. The minimum absolute atomic E-state index is 0.0931. The van der Waals surface area contributed by atoms with Crippen molar-refractivity contribution in [3.05, 3.63) is 22.6 Å². The normalized spacial score (nSPS) is 12.1. The van der Waals surface area contributed by atoms with Gasteiger partial charge < -0.3 is 14.8 Å². The number of hydrogen-bond donors (Lipinski definition) is 2. The Morgan fingerprint density at radius 2 is 2.25 bits per heavy atom. The zero-order valence-corrected chi connectivity index (χ0v) is 10.3. The van der Waals surface area contributed by atoms with Gasteiger partial charge in [-0.25, -0.2) is 0 Å². The number of carbonyl (C=O) groups excluding carboxylic acids is 1. The number of aliphatic carboxylic acids is 1. The van der Waals surface area contributed by atoms with Gasteiger partial charge in [-0.15, -0.1) is 0 Å². The highest BCUT2D eigenvalue weighted by Crippen LogP contribution is 2.14. The fraction of sp³-hybridized carbons (Fsp3) is 0.400. The van der Waals surface area contributed by atoms with E-state index in [0.29, 0.717) is 11.1 Å². The molecule has 16 heavy (non-hydrogen) atoms. The largest absolute Gasteiger partial charge is 0.481 e. The quantitative estimate of drug-likeness (QED) is 0.869. The third-order valence-corrected chi connectivity index (χ3v) is 2.47. The zero-order valence-electron chi connectivity index (χ0n) is 8.70. The Kier molecular flexibility index (Phi) is 4.54. The molecule has 0 aliphatic rings. The Morgan fingerprint density at radius 1 is 1.56 bits per heavy atom. The fourth-order valence-electron chi connectivity index (χ4n) is 1.20. The molecule has 0 aliphatic carbocycles. The summed E-state index contributed by atoms with van der Waals surface area (Å²) >= 11 is 3.08. The summed E-state index contributed by atoms with van der Waals surface area (Å²) in [6, 6.07) is 2.74. The summed E-state index contributed by atoms with van der Waals surface area (Å²) in [6.07, 6.45) is 0.462. The molecule has 6 heteroatoms. The van der Waals surface area contributed by atoms with E-state index in [1.54, 1.807) is 6.07 Å². The lowest BCUT2D eigenvalue weighted by Crippen LogP contribution is -2.35. The molecule has 1 heterocycles. The minimum Gasteiger partial charge on any atom is -0.481 e. The summed E-state index contributed by atoms with van der Waals surface area (Å²) in [4.78, 5) is 22.1. The first-order valence-electron chi connectivity index (χ1n) is 4.81. The van der Waals surface area contributed by atoms with Crippen LogP contribution < -0.4 is 5.32 Å². The van der Waals surface area contributed by atoms with Gasteiger partial charge in [0.05, 0.1) is 6.42 Å². The van der Waals surface area contributed by atoms with Gasteiger partial charge in [0, 0.05) is 6.04 Å². The molecule has 0 fully saturated rings. The van der Waals surface area contributed by atoms with Gasteiger partial charge in [-0.3, -0.25) is 9.59 Å². The van der Waals surface area contributed by atoms with Crippen LogP contribution in [0.2, 0.25) is 0 Å². The first kappa shape index (κ1) is 12.8. The van der Waals surface area contributed by atoms with E-state index < -0.39 is 11.9 Å².